The molecule has 0 fully saturated rings. The predicted octanol–water partition coefficient (Wildman–Crippen LogP) is 0.596. The molecule has 16 heavy (non-hydrogen) atoms. The minimum Gasteiger partial charge on any atom is -0.488 e. The highest BCUT2D eigenvalue weighted by Crippen LogP contribution is 2.33. The Bertz CT molecular complexity index is 508. The summed E-state index contributed by atoms with van der Waals surface area (Å²) in [4.78, 5) is 10.8. The van der Waals surface area contributed by atoms with E-state index < -0.39 is 5.97 Å². The zero-order chi connectivity index (χ0) is 11.1. The average Bonchev–Trinajstić information content (AvgIpc) is 2.76. The minimum atomic E-state index is -0.941. The number of hydrogen-bond donors (Lipinski definition) is 3. The molecule has 0 atom stereocenters. The lowest BCUT2D eigenvalue weighted by atomic mass is 10.0. The Kier molecular flexibility index (Phi) is 1.87. The Balaban J connectivity index is 2.10. The SMILES string of the molecule is O=C(O)c1ccc2c(c1)OCC1=C2NNC1. The summed E-state index contributed by atoms with van der Waals surface area (Å²) in [5, 5.41) is 8.88. The Hall–Kier alpha value is -2.01. The maximum Gasteiger partial charge on any atom is 0.335 e. The first kappa shape index (κ1) is 9.23. The molecule has 3 rings (SSSR count). The van der Waals surface area contributed by atoms with Crippen LogP contribution in [0.1, 0.15) is 15.9 Å². The molecule has 0 amide bonds. The van der Waals surface area contributed by atoms with E-state index in [2.05, 4.69) is 10.9 Å². The van der Waals surface area contributed by atoms with Crippen LogP contribution in [0, 0.1) is 0 Å². The van der Waals surface area contributed by atoms with E-state index in [1.54, 1.807) is 18.2 Å². The first-order valence-corrected chi connectivity index (χ1v) is 4.97. The van der Waals surface area contributed by atoms with Gasteiger partial charge < -0.3 is 15.3 Å². The standard InChI is InChI=1S/C11H10N2O3/c14-11(15)6-1-2-8-9(3-6)16-5-7-4-12-13-10(7)8/h1-3,12-13H,4-5H2,(H,14,15). The summed E-state index contributed by atoms with van der Waals surface area (Å²) in [6.45, 7) is 1.26. The first-order valence-electron chi connectivity index (χ1n) is 4.97. The number of hydrogen-bond acceptors (Lipinski definition) is 4. The molecule has 0 saturated heterocycles. The van der Waals surface area contributed by atoms with Gasteiger partial charge in [-0.25, -0.2) is 10.2 Å². The number of nitrogens with one attached hydrogen (secondary N) is 2. The van der Waals surface area contributed by atoms with Gasteiger partial charge in [0.15, 0.2) is 0 Å². The minimum absolute atomic E-state index is 0.244. The van der Waals surface area contributed by atoms with Crippen molar-refractivity contribution in [2.24, 2.45) is 0 Å². The Labute approximate surface area is 91.7 Å². The summed E-state index contributed by atoms with van der Waals surface area (Å²) in [5.41, 5.74) is 9.42. The van der Waals surface area contributed by atoms with Gasteiger partial charge in [-0.3, -0.25) is 0 Å². The lowest BCUT2D eigenvalue weighted by Gasteiger charge is -2.19. The smallest absolute Gasteiger partial charge is 0.335 e. The van der Waals surface area contributed by atoms with Gasteiger partial charge in [-0.05, 0) is 18.2 Å². The van der Waals surface area contributed by atoms with Crippen molar-refractivity contribution >= 4 is 11.7 Å². The summed E-state index contributed by atoms with van der Waals surface area (Å²) in [6, 6.07) is 4.91. The van der Waals surface area contributed by atoms with E-state index in [-0.39, 0.29) is 5.56 Å². The van der Waals surface area contributed by atoms with Crippen LogP contribution in [-0.2, 0) is 0 Å². The molecule has 0 radical (unpaired) electrons. The molecule has 0 aromatic heterocycles. The van der Waals surface area contributed by atoms with Crippen LogP contribution < -0.4 is 15.6 Å². The largest absolute Gasteiger partial charge is 0.488 e. The van der Waals surface area contributed by atoms with Gasteiger partial charge >= 0.3 is 5.97 Å². The van der Waals surface area contributed by atoms with Crippen LogP contribution in [0.15, 0.2) is 23.8 Å². The maximum atomic E-state index is 10.8. The zero-order valence-electron chi connectivity index (χ0n) is 8.41. The summed E-state index contributed by atoms with van der Waals surface area (Å²) in [6.07, 6.45) is 0. The van der Waals surface area contributed by atoms with E-state index in [4.69, 9.17) is 9.84 Å². The van der Waals surface area contributed by atoms with Crippen molar-refractivity contribution in [2.75, 3.05) is 13.2 Å². The second-order valence-electron chi connectivity index (χ2n) is 3.76. The molecule has 0 saturated carbocycles. The number of carboxylic acid groups (broad SMARTS) is 1. The number of rotatable bonds is 1. The number of carboxylic acids is 1. The Morgan fingerprint density at radius 1 is 1.44 bits per heavy atom. The maximum absolute atomic E-state index is 10.8. The highest BCUT2D eigenvalue weighted by Gasteiger charge is 2.24. The third-order valence-electron chi connectivity index (χ3n) is 2.77. The van der Waals surface area contributed by atoms with Crippen LogP contribution in [0.5, 0.6) is 5.75 Å². The summed E-state index contributed by atoms with van der Waals surface area (Å²) in [5.74, 6) is -0.321. The highest BCUT2D eigenvalue weighted by molar-refractivity contribution is 5.89. The zero-order valence-corrected chi connectivity index (χ0v) is 8.41. The van der Waals surface area contributed by atoms with E-state index in [0.29, 0.717) is 12.4 Å². The normalized spacial score (nSPS) is 17.2. The van der Waals surface area contributed by atoms with E-state index in [0.717, 1.165) is 23.4 Å². The molecule has 0 bridgehead atoms. The van der Waals surface area contributed by atoms with Gasteiger partial charge in [-0.1, -0.05) is 0 Å². The molecule has 5 heteroatoms. The van der Waals surface area contributed by atoms with Crippen molar-refractivity contribution in [3.05, 3.63) is 34.9 Å². The molecule has 82 valence electrons. The van der Waals surface area contributed by atoms with Crippen LogP contribution in [-0.4, -0.2) is 24.2 Å². The van der Waals surface area contributed by atoms with Crippen LogP contribution >= 0.6 is 0 Å². The first-order chi connectivity index (χ1) is 7.75. The number of ether oxygens (including phenoxy) is 1. The molecule has 1 aromatic rings. The van der Waals surface area contributed by atoms with Gasteiger partial charge in [-0.2, -0.15) is 0 Å². The van der Waals surface area contributed by atoms with Crippen LogP contribution in [0.4, 0.5) is 0 Å². The Morgan fingerprint density at radius 3 is 3.12 bits per heavy atom. The summed E-state index contributed by atoms with van der Waals surface area (Å²) in [7, 11) is 0. The molecule has 2 aliphatic heterocycles. The molecular weight excluding hydrogens is 208 g/mol. The van der Waals surface area contributed by atoms with Gasteiger partial charge in [0.25, 0.3) is 0 Å². The third kappa shape index (κ3) is 1.25. The van der Waals surface area contributed by atoms with Crippen LogP contribution in [0.2, 0.25) is 0 Å². The number of hydrazine groups is 1. The molecule has 0 aliphatic carbocycles. The molecular formula is C11H10N2O3. The van der Waals surface area contributed by atoms with Crippen molar-refractivity contribution in [3.63, 3.8) is 0 Å². The van der Waals surface area contributed by atoms with Crippen molar-refractivity contribution in [2.45, 2.75) is 0 Å². The van der Waals surface area contributed by atoms with Crippen molar-refractivity contribution < 1.29 is 14.6 Å². The van der Waals surface area contributed by atoms with Crippen molar-refractivity contribution in [1.82, 2.24) is 10.9 Å². The molecule has 3 N–H and O–H groups in total. The fourth-order valence-corrected chi connectivity index (χ4v) is 1.94. The lowest BCUT2D eigenvalue weighted by molar-refractivity contribution is 0.0696. The molecule has 5 nitrogen and oxygen atoms in total. The van der Waals surface area contributed by atoms with Crippen LogP contribution in [0.25, 0.3) is 5.70 Å². The van der Waals surface area contributed by atoms with E-state index >= 15 is 0 Å². The number of benzene rings is 1. The van der Waals surface area contributed by atoms with E-state index in [9.17, 15) is 4.79 Å². The number of fused-ring (bicyclic) bond motifs is 2. The van der Waals surface area contributed by atoms with E-state index in [1.165, 1.54) is 0 Å². The predicted molar refractivity (Wildman–Crippen MR) is 57.0 cm³/mol. The van der Waals surface area contributed by atoms with Gasteiger partial charge in [0.05, 0.1) is 11.3 Å². The van der Waals surface area contributed by atoms with Crippen molar-refractivity contribution in [1.29, 1.82) is 0 Å². The third-order valence-corrected chi connectivity index (χ3v) is 2.77. The number of aromatic carboxylic acids is 1. The topological polar surface area (TPSA) is 70.6 Å². The molecule has 1 aromatic carbocycles. The molecule has 0 unspecified atom stereocenters. The van der Waals surface area contributed by atoms with Crippen LogP contribution in [0.3, 0.4) is 0 Å². The van der Waals surface area contributed by atoms with E-state index in [1.807, 2.05) is 0 Å². The molecule has 2 heterocycles. The average molecular weight is 218 g/mol. The second-order valence-corrected chi connectivity index (χ2v) is 3.76. The fraction of sp³-hybridized carbons (Fsp3) is 0.182. The van der Waals surface area contributed by atoms with Gasteiger partial charge in [0.2, 0.25) is 0 Å². The highest BCUT2D eigenvalue weighted by atomic mass is 16.5. The quantitative estimate of drug-likeness (QED) is 0.643. The molecule has 0 spiro atoms. The van der Waals surface area contributed by atoms with Crippen molar-refractivity contribution in [3.8, 4) is 5.75 Å². The monoisotopic (exact) mass is 218 g/mol. The fourth-order valence-electron chi connectivity index (χ4n) is 1.94. The second kappa shape index (κ2) is 3.24. The van der Waals surface area contributed by atoms with Gasteiger partial charge in [0, 0.05) is 17.7 Å². The number of carbonyl (C=O) groups is 1. The summed E-state index contributed by atoms with van der Waals surface area (Å²) >= 11 is 0. The lowest BCUT2D eigenvalue weighted by Crippen LogP contribution is -2.23. The van der Waals surface area contributed by atoms with Gasteiger partial charge in [0.1, 0.15) is 12.4 Å². The Morgan fingerprint density at radius 2 is 2.31 bits per heavy atom. The van der Waals surface area contributed by atoms with Gasteiger partial charge in [-0.15, -0.1) is 0 Å². The molecule has 2 aliphatic rings. The summed E-state index contributed by atoms with van der Waals surface area (Å²) < 4.78 is 5.53.